The summed E-state index contributed by atoms with van der Waals surface area (Å²) >= 11 is 0. The summed E-state index contributed by atoms with van der Waals surface area (Å²) in [6.07, 6.45) is -0.304. The predicted octanol–water partition coefficient (Wildman–Crippen LogP) is 3.39. The van der Waals surface area contributed by atoms with Crippen LogP contribution in [0.2, 0.25) is 0 Å². The predicted molar refractivity (Wildman–Crippen MR) is 93.0 cm³/mol. The Kier molecular flexibility index (Phi) is 4.41. The fraction of sp³-hybridized carbons (Fsp3) is 0.211. The van der Waals surface area contributed by atoms with E-state index in [1.165, 1.54) is 24.3 Å². The molecule has 0 spiro atoms. The Morgan fingerprint density at radius 2 is 1.93 bits per heavy atom. The molecule has 4 rings (SSSR count). The second-order valence-electron chi connectivity index (χ2n) is 6.33. The summed E-state index contributed by atoms with van der Waals surface area (Å²) < 4.78 is 33.9. The van der Waals surface area contributed by atoms with E-state index < -0.39 is 11.7 Å². The van der Waals surface area contributed by atoms with Gasteiger partial charge in [-0.1, -0.05) is 23.4 Å². The third-order valence-electron chi connectivity index (χ3n) is 4.50. The molecule has 0 saturated carbocycles. The SMILES string of the molecule is Cc1ccc(F)cc1NC(=O)c1nnn2c1CO[C@@H](c1ccc(F)cc1)C2. The first-order valence-electron chi connectivity index (χ1n) is 8.38. The van der Waals surface area contributed by atoms with Crippen LogP contribution in [0.3, 0.4) is 0 Å². The second kappa shape index (κ2) is 6.88. The van der Waals surface area contributed by atoms with Crippen molar-refractivity contribution in [3.63, 3.8) is 0 Å². The van der Waals surface area contributed by atoms with Crippen molar-refractivity contribution < 1.29 is 18.3 Å². The van der Waals surface area contributed by atoms with Crippen molar-refractivity contribution in [1.82, 2.24) is 15.0 Å². The van der Waals surface area contributed by atoms with Crippen LogP contribution in [-0.4, -0.2) is 20.9 Å². The van der Waals surface area contributed by atoms with Crippen molar-refractivity contribution in [3.8, 4) is 0 Å². The summed E-state index contributed by atoms with van der Waals surface area (Å²) in [7, 11) is 0. The minimum Gasteiger partial charge on any atom is -0.365 e. The smallest absolute Gasteiger partial charge is 0.278 e. The molecule has 1 aliphatic heterocycles. The minimum atomic E-state index is -0.478. The van der Waals surface area contributed by atoms with Crippen LogP contribution < -0.4 is 5.32 Å². The number of aryl methyl sites for hydroxylation is 1. The largest absolute Gasteiger partial charge is 0.365 e. The second-order valence-corrected chi connectivity index (χ2v) is 6.33. The molecule has 0 saturated heterocycles. The molecule has 1 amide bonds. The van der Waals surface area contributed by atoms with Gasteiger partial charge in [0, 0.05) is 5.69 Å². The van der Waals surface area contributed by atoms with E-state index in [4.69, 9.17) is 4.74 Å². The van der Waals surface area contributed by atoms with Gasteiger partial charge in [-0.2, -0.15) is 0 Å². The van der Waals surface area contributed by atoms with Gasteiger partial charge in [-0.05, 0) is 42.3 Å². The molecule has 1 N–H and O–H groups in total. The first kappa shape index (κ1) is 17.3. The molecule has 8 heteroatoms. The van der Waals surface area contributed by atoms with E-state index in [0.717, 1.165) is 11.1 Å². The van der Waals surface area contributed by atoms with Crippen LogP contribution in [0.25, 0.3) is 0 Å². The van der Waals surface area contributed by atoms with E-state index in [0.29, 0.717) is 17.9 Å². The highest BCUT2D eigenvalue weighted by Gasteiger charge is 2.28. The molecule has 0 unspecified atom stereocenters. The van der Waals surface area contributed by atoms with Gasteiger partial charge < -0.3 is 10.1 Å². The van der Waals surface area contributed by atoms with E-state index in [-0.39, 0.29) is 24.2 Å². The van der Waals surface area contributed by atoms with Gasteiger partial charge in [0.15, 0.2) is 5.69 Å². The number of aromatic nitrogens is 3. The maximum absolute atomic E-state index is 13.4. The Bertz CT molecular complexity index is 1000. The summed E-state index contributed by atoms with van der Waals surface area (Å²) in [4.78, 5) is 12.6. The molecule has 27 heavy (non-hydrogen) atoms. The number of hydrogen-bond donors (Lipinski definition) is 1. The van der Waals surface area contributed by atoms with Gasteiger partial charge in [-0.15, -0.1) is 5.10 Å². The number of halogens is 2. The molecule has 0 radical (unpaired) electrons. The van der Waals surface area contributed by atoms with Gasteiger partial charge in [0.25, 0.3) is 5.91 Å². The molecule has 1 aromatic heterocycles. The van der Waals surface area contributed by atoms with Gasteiger partial charge in [-0.25, -0.2) is 13.5 Å². The van der Waals surface area contributed by atoms with Gasteiger partial charge in [0.1, 0.15) is 17.7 Å². The number of benzene rings is 2. The average Bonchev–Trinajstić information content (AvgIpc) is 3.08. The minimum absolute atomic E-state index is 0.135. The number of fused-ring (bicyclic) bond motifs is 1. The summed E-state index contributed by atoms with van der Waals surface area (Å²) in [5.41, 5.74) is 2.61. The zero-order valence-electron chi connectivity index (χ0n) is 14.4. The summed E-state index contributed by atoms with van der Waals surface area (Å²) in [5, 5.41) is 10.6. The number of anilines is 1. The standard InChI is InChI=1S/C19H16F2N4O2/c1-11-2-5-14(21)8-15(11)22-19(26)18-16-10-27-17(9-25(16)24-23-18)12-3-6-13(20)7-4-12/h2-8,17H,9-10H2,1H3,(H,22,26)/t17-/m1/s1. The lowest BCUT2D eigenvalue weighted by Crippen LogP contribution is -2.24. The van der Waals surface area contributed by atoms with E-state index >= 15 is 0 Å². The summed E-state index contributed by atoms with van der Waals surface area (Å²) in [6.45, 7) is 2.27. The zero-order chi connectivity index (χ0) is 19.0. The number of amides is 1. The Hall–Kier alpha value is -3.13. The molecule has 3 aromatic rings. The number of carbonyl (C=O) groups is 1. The first-order chi connectivity index (χ1) is 13.0. The van der Waals surface area contributed by atoms with Crippen molar-refractivity contribution in [2.24, 2.45) is 0 Å². The van der Waals surface area contributed by atoms with Crippen molar-refractivity contribution in [2.75, 3.05) is 5.32 Å². The van der Waals surface area contributed by atoms with Crippen LogP contribution in [0.15, 0.2) is 42.5 Å². The third kappa shape index (κ3) is 3.43. The number of hydrogen-bond acceptors (Lipinski definition) is 4. The summed E-state index contributed by atoms with van der Waals surface area (Å²) in [5.74, 6) is -1.23. The highest BCUT2D eigenvalue weighted by molar-refractivity contribution is 6.03. The molecule has 1 atom stereocenters. The number of carbonyl (C=O) groups excluding carboxylic acids is 1. The Balaban J connectivity index is 1.53. The zero-order valence-corrected chi connectivity index (χ0v) is 14.4. The maximum Gasteiger partial charge on any atom is 0.278 e. The van der Waals surface area contributed by atoms with Crippen LogP contribution in [-0.2, 0) is 17.9 Å². The summed E-state index contributed by atoms with van der Waals surface area (Å²) in [6, 6.07) is 10.2. The van der Waals surface area contributed by atoms with Crippen LogP contribution in [0.5, 0.6) is 0 Å². The molecular weight excluding hydrogens is 354 g/mol. The monoisotopic (exact) mass is 370 g/mol. The Labute approximate surface area is 153 Å². The van der Waals surface area contributed by atoms with Crippen molar-refractivity contribution >= 4 is 11.6 Å². The van der Waals surface area contributed by atoms with E-state index in [1.807, 2.05) is 0 Å². The molecule has 0 fully saturated rings. The quantitative estimate of drug-likeness (QED) is 0.767. The van der Waals surface area contributed by atoms with Gasteiger partial charge >= 0.3 is 0 Å². The number of nitrogens with one attached hydrogen (secondary N) is 1. The van der Waals surface area contributed by atoms with Crippen LogP contribution in [0.1, 0.15) is 33.4 Å². The molecule has 2 aromatic carbocycles. The molecule has 6 nitrogen and oxygen atoms in total. The maximum atomic E-state index is 13.4. The topological polar surface area (TPSA) is 69.0 Å². The van der Waals surface area contributed by atoms with Crippen molar-refractivity contribution in [2.45, 2.75) is 26.2 Å². The van der Waals surface area contributed by atoms with E-state index in [1.54, 1.807) is 29.8 Å². The van der Waals surface area contributed by atoms with E-state index in [9.17, 15) is 13.6 Å². The highest BCUT2D eigenvalue weighted by atomic mass is 19.1. The van der Waals surface area contributed by atoms with E-state index in [2.05, 4.69) is 15.6 Å². The fourth-order valence-corrected chi connectivity index (χ4v) is 2.98. The lowest BCUT2D eigenvalue weighted by atomic mass is 10.1. The average molecular weight is 370 g/mol. The highest BCUT2D eigenvalue weighted by Crippen LogP contribution is 2.27. The van der Waals surface area contributed by atoms with Crippen LogP contribution in [0, 0.1) is 18.6 Å². The normalized spacial score (nSPS) is 16.0. The van der Waals surface area contributed by atoms with Gasteiger partial charge in [0.05, 0.1) is 18.8 Å². The van der Waals surface area contributed by atoms with Crippen LogP contribution in [0.4, 0.5) is 14.5 Å². The molecule has 0 aliphatic carbocycles. The van der Waals surface area contributed by atoms with Gasteiger partial charge in [-0.3, -0.25) is 4.79 Å². The lowest BCUT2D eigenvalue weighted by molar-refractivity contribution is -0.00174. The molecular formula is C19H16F2N4O2. The molecule has 1 aliphatic rings. The number of ether oxygens (including phenoxy) is 1. The van der Waals surface area contributed by atoms with Gasteiger partial charge in [0.2, 0.25) is 0 Å². The molecule has 2 heterocycles. The Morgan fingerprint density at radius 1 is 1.19 bits per heavy atom. The number of rotatable bonds is 3. The van der Waals surface area contributed by atoms with Crippen molar-refractivity contribution in [1.29, 1.82) is 0 Å². The third-order valence-corrected chi connectivity index (χ3v) is 4.50. The molecule has 138 valence electrons. The Morgan fingerprint density at radius 3 is 2.70 bits per heavy atom. The van der Waals surface area contributed by atoms with Crippen LogP contribution >= 0.6 is 0 Å². The van der Waals surface area contributed by atoms with Crippen molar-refractivity contribution in [3.05, 3.63) is 76.6 Å². The molecule has 0 bridgehead atoms. The lowest BCUT2D eigenvalue weighted by Gasteiger charge is -2.24. The first-order valence-corrected chi connectivity index (χ1v) is 8.38. The number of nitrogens with zero attached hydrogens (tertiary/aromatic N) is 3. The fourth-order valence-electron chi connectivity index (χ4n) is 2.98.